The Morgan fingerprint density at radius 3 is 2.00 bits per heavy atom. The van der Waals surface area contributed by atoms with Crippen LogP contribution in [0.25, 0.3) is 0 Å². The quantitative estimate of drug-likeness (QED) is 0.751. The van der Waals surface area contributed by atoms with E-state index in [9.17, 15) is 18.0 Å². The van der Waals surface area contributed by atoms with Crippen LogP contribution in [-0.4, -0.2) is 26.2 Å². The van der Waals surface area contributed by atoms with Gasteiger partial charge in [-0.3, -0.25) is 9.59 Å². The number of hydrogen-bond donors (Lipinski definition) is 0. The molecule has 0 saturated heterocycles. The monoisotopic (exact) mass is 240 g/mol. The highest BCUT2D eigenvalue weighted by Crippen LogP contribution is 2.18. The first kappa shape index (κ1) is 12.6. The molecule has 0 heterocycles. The normalized spacial score (nSPS) is 11.2. The van der Waals surface area contributed by atoms with Gasteiger partial charge in [0.2, 0.25) is 0 Å². The van der Waals surface area contributed by atoms with E-state index in [2.05, 4.69) is 0 Å². The van der Waals surface area contributed by atoms with Crippen molar-refractivity contribution in [1.82, 2.24) is 0 Å². The number of Topliss-reactive ketones (excluding diaryl/α,β-unsaturated/α-hetero) is 2. The molecule has 0 spiro atoms. The molecule has 5 heteroatoms. The van der Waals surface area contributed by atoms with E-state index in [0.717, 1.165) is 6.26 Å². The highest BCUT2D eigenvalue weighted by molar-refractivity contribution is 7.90. The first-order valence-electron chi connectivity index (χ1n) is 4.59. The molecule has 0 amide bonds. The highest BCUT2D eigenvalue weighted by Gasteiger charge is 2.17. The number of sulfone groups is 1. The molecule has 0 aliphatic rings. The Hall–Kier alpha value is -1.49. The van der Waals surface area contributed by atoms with Crippen LogP contribution in [0.3, 0.4) is 0 Å². The maximum Gasteiger partial charge on any atom is 0.176 e. The molecule has 0 radical (unpaired) electrons. The summed E-state index contributed by atoms with van der Waals surface area (Å²) >= 11 is 0. The summed E-state index contributed by atoms with van der Waals surface area (Å²) in [6.07, 6.45) is 1.01. The lowest BCUT2D eigenvalue weighted by Gasteiger charge is -2.06. The van der Waals surface area contributed by atoms with Gasteiger partial charge in [0.15, 0.2) is 21.4 Å². The zero-order valence-electron chi connectivity index (χ0n) is 9.27. The molecule has 0 bridgehead atoms. The molecule has 0 aliphatic heterocycles. The molecule has 0 N–H and O–H groups in total. The van der Waals surface area contributed by atoms with Crippen LogP contribution in [0.5, 0.6) is 0 Å². The minimum absolute atomic E-state index is 0.0901. The van der Waals surface area contributed by atoms with Crippen molar-refractivity contribution >= 4 is 21.4 Å². The van der Waals surface area contributed by atoms with Crippen LogP contribution < -0.4 is 0 Å². The Bertz CT molecular complexity index is 555. The maximum atomic E-state index is 11.5. The summed E-state index contributed by atoms with van der Waals surface area (Å²) in [5.41, 5.74) is 0.401. The predicted octanol–water partition coefficient (Wildman–Crippen LogP) is 1.50. The van der Waals surface area contributed by atoms with Crippen molar-refractivity contribution in [2.75, 3.05) is 6.26 Å². The van der Waals surface area contributed by atoms with E-state index in [1.165, 1.54) is 32.0 Å². The van der Waals surface area contributed by atoms with Crippen LogP contribution in [0.1, 0.15) is 34.6 Å². The minimum Gasteiger partial charge on any atom is -0.295 e. The molecule has 86 valence electrons. The van der Waals surface area contributed by atoms with Gasteiger partial charge in [0.05, 0.1) is 4.90 Å². The van der Waals surface area contributed by atoms with Crippen molar-refractivity contribution in [2.45, 2.75) is 18.7 Å². The number of ketones is 2. The second-order valence-electron chi connectivity index (χ2n) is 3.60. The third-order valence-corrected chi connectivity index (χ3v) is 3.30. The van der Waals surface area contributed by atoms with Crippen LogP contribution in [0.4, 0.5) is 0 Å². The van der Waals surface area contributed by atoms with Crippen molar-refractivity contribution < 1.29 is 18.0 Å². The topological polar surface area (TPSA) is 68.3 Å². The van der Waals surface area contributed by atoms with Gasteiger partial charge in [-0.15, -0.1) is 0 Å². The molecule has 16 heavy (non-hydrogen) atoms. The molecule has 1 aromatic rings. The molecule has 0 aromatic heterocycles. The van der Waals surface area contributed by atoms with Crippen molar-refractivity contribution in [3.63, 3.8) is 0 Å². The van der Waals surface area contributed by atoms with Crippen LogP contribution >= 0.6 is 0 Å². The largest absolute Gasteiger partial charge is 0.295 e. The Kier molecular flexibility index (Phi) is 3.28. The average molecular weight is 240 g/mol. The first-order valence-corrected chi connectivity index (χ1v) is 6.48. The summed E-state index contributed by atoms with van der Waals surface area (Å²) < 4.78 is 22.9. The van der Waals surface area contributed by atoms with Gasteiger partial charge < -0.3 is 0 Å². The zero-order chi connectivity index (χ0) is 12.5. The summed E-state index contributed by atoms with van der Waals surface area (Å²) in [6, 6.07) is 4.07. The van der Waals surface area contributed by atoms with Crippen LogP contribution in [0.2, 0.25) is 0 Å². The van der Waals surface area contributed by atoms with Gasteiger partial charge in [-0.1, -0.05) is 6.07 Å². The van der Waals surface area contributed by atoms with E-state index >= 15 is 0 Å². The fraction of sp³-hybridized carbons (Fsp3) is 0.273. The molecule has 0 atom stereocenters. The van der Waals surface area contributed by atoms with E-state index in [1.807, 2.05) is 0 Å². The summed E-state index contributed by atoms with van der Waals surface area (Å²) in [5.74, 6) is -0.574. The summed E-state index contributed by atoms with van der Waals surface area (Å²) in [5, 5.41) is 0. The Morgan fingerprint density at radius 2 is 1.62 bits per heavy atom. The van der Waals surface area contributed by atoms with Crippen LogP contribution in [0.15, 0.2) is 23.1 Å². The predicted molar refractivity (Wildman–Crippen MR) is 59.6 cm³/mol. The summed E-state index contributed by atoms with van der Waals surface area (Å²) in [7, 11) is -3.51. The minimum atomic E-state index is -3.51. The van der Waals surface area contributed by atoms with E-state index < -0.39 is 9.84 Å². The lowest BCUT2D eigenvalue weighted by Crippen LogP contribution is -2.07. The Morgan fingerprint density at radius 1 is 1.06 bits per heavy atom. The number of hydrogen-bond acceptors (Lipinski definition) is 4. The van der Waals surface area contributed by atoms with Crippen LogP contribution in [0, 0.1) is 0 Å². The number of benzene rings is 1. The molecule has 1 rings (SSSR count). The van der Waals surface area contributed by atoms with E-state index in [4.69, 9.17) is 0 Å². The van der Waals surface area contributed by atoms with Gasteiger partial charge in [0.25, 0.3) is 0 Å². The van der Waals surface area contributed by atoms with E-state index in [1.54, 1.807) is 0 Å². The summed E-state index contributed by atoms with van der Waals surface area (Å²) in [4.78, 5) is 22.3. The van der Waals surface area contributed by atoms with Crippen molar-refractivity contribution in [3.05, 3.63) is 29.3 Å². The van der Waals surface area contributed by atoms with Gasteiger partial charge in [0, 0.05) is 17.4 Å². The third-order valence-electron chi connectivity index (χ3n) is 2.17. The molecule has 0 saturated carbocycles. The fourth-order valence-corrected chi connectivity index (χ4v) is 2.29. The zero-order valence-corrected chi connectivity index (χ0v) is 10.1. The lowest BCUT2D eigenvalue weighted by atomic mass is 10.1. The van der Waals surface area contributed by atoms with Crippen molar-refractivity contribution in [2.24, 2.45) is 0 Å². The standard InChI is InChI=1S/C11H12O4S/c1-7(12)9-4-5-10(8(2)13)11(6-9)16(3,14)15/h4-6H,1-3H3. The lowest BCUT2D eigenvalue weighted by molar-refractivity contribution is 0.0999. The van der Waals surface area contributed by atoms with E-state index in [0.29, 0.717) is 0 Å². The van der Waals surface area contributed by atoms with Gasteiger partial charge in [-0.2, -0.15) is 0 Å². The smallest absolute Gasteiger partial charge is 0.176 e. The van der Waals surface area contributed by atoms with Crippen molar-refractivity contribution in [1.29, 1.82) is 0 Å². The van der Waals surface area contributed by atoms with Crippen LogP contribution in [-0.2, 0) is 9.84 Å². The fourth-order valence-electron chi connectivity index (χ4n) is 1.34. The van der Waals surface area contributed by atoms with Gasteiger partial charge in [-0.25, -0.2) is 8.42 Å². The highest BCUT2D eigenvalue weighted by atomic mass is 32.2. The number of carbonyl (C=O) groups is 2. The molecule has 4 nitrogen and oxygen atoms in total. The Balaban J connectivity index is 3.58. The molecular formula is C11H12O4S. The van der Waals surface area contributed by atoms with Gasteiger partial charge in [-0.05, 0) is 26.0 Å². The first-order chi connectivity index (χ1) is 7.23. The molecule has 1 aromatic carbocycles. The third kappa shape index (κ3) is 2.55. The SMILES string of the molecule is CC(=O)c1ccc(C(C)=O)c(S(C)(=O)=O)c1. The number of carbonyl (C=O) groups excluding carboxylic acids is 2. The van der Waals surface area contributed by atoms with Gasteiger partial charge >= 0.3 is 0 Å². The second kappa shape index (κ2) is 4.17. The van der Waals surface area contributed by atoms with E-state index in [-0.39, 0.29) is 27.6 Å². The second-order valence-corrected chi connectivity index (χ2v) is 5.58. The summed E-state index contributed by atoms with van der Waals surface area (Å²) in [6.45, 7) is 2.63. The number of rotatable bonds is 3. The van der Waals surface area contributed by atoms with Gasteiger partial charge in [0.1, 0.15) is 0 Å². The molecular weight excluding hydrogens is 228 g/mol. The van der Waals surface area contributed by atoms with Crippen molar-refractivity contribution in [3.8, 4) is 0 Å². The average Bonchev–Trinajstić information content (AvgIpc) is 2.15. The maximum absolute atomic E-state index is 11.5. The molecule has 0 aliphatic carbocycles. The molecule has 0 unspecified atom stereocenters. The Labute approximate surface area is 94.2 Å². The molecule has 0 fully saturated rings.